The van der Waals surface area contributed by atoms with Gasteiger partial charge in [0.25, 0.3) is 0 Å². The lowest BCUT2D eigenvalue weighted by Gasteiger charge is -2.40. The number of methoxy groups -OCH3 is 1. The number of halogens is 3. The smallest absolute Gasteiger partial charge is 0.416 e. The standard InChI is InChI=1S/C21H25F3N4O2/c1-12-8-13(21(22,23)24)9-17(29)19(12)16-10-15-18(30-2)5-7-28(20(15)27-26-16)14-4-3-6-25-11-14/h8-10,14,18,25,29H,3-7,11H2,1-2H3/t14?,18-/m1/s1. The Morgan fingerprint density at radius 2 is 2.00 bits per heavy atom. The molecule has 2 atom stereocenters. The van der Waals surface area contributed by atoms with Gasteiger partial charge in [-0.15, -0.1) is 10.2 Å². The maximum atomic E-state index is 13.1. The zero-order chi connectivity index (χ0) is 21.5. The highest BCUT2D eigenvalue weighted by atomic mass is 19.4. The van der Waals surface area contributed by atoms with E-state index in [4.69, 9.17) is 4.74 Å². The number of aryl methyl sites for hydroxylation is 1. The van der Waals surface area contributed by atoms with Crippen molar-refractivity contribution in [2.24, 2.45) is 0 Å². The van der Waals surface area contributed by atoms with E-state index in [-0.39, 0.29) is 17.2 Å². The minimum Gasteiger partial charge on any atom is -0.507 e. The third-order valence-electron chi connectivity index (χ3n) is 5.95. The summed E-state index contributed by atoms with van der Waals surface area (Å²) < 4.78 is 44.8. The maximum absolute atomic E-state index is 13.1. The topological polar surface area (TPSA) is 70.5 Å². The highest BCUT2D eigenvalue weighted by Gasteiger charge is 2.34. The Bertz CT molecular complexity index is 906. The van der Waals surface area contributed by atoms with E-state index in [0.717, 1.165) is 62.4 Å². The van der Waals surface area contributed by atoms with Crippen LogP contribution in [0.5, 0.6) is 5.75 Å². The second-order valence-electron chi connectivity index (χ2n) is 7.90. The Hall–Kier alpha value is -2.39. The fourth-order valence-electron chi connectivity index (χ4n) is 4.47. The number of rotatable bonds is 3. The lowest BCUT2D eigenvalue weighted by Crippen LogP contribution is -2.49. The van der Waals surface area contributed by atoms with Crippen LogP contribution in [-0.4, -0.2) is 48.1 Å². The first kappa shape index (κ1) is 20.9. The molecule has 4 rings (SSSR count). The lowest BCUT2D eigenvalue weighted by molar-refractivity contribution is -0.137. The van der Waals surface area contributed by atoms with Crippen LogP contribution in [0, 0.1) is 6.92 Å². The van der Waals surface area contributed by atoms with Crippen LogP contribution in [0.25, 0.3) is 11.3 Å². The number of hydrogen-bond acceptors (Lipinski definition) is 6. The van der Waals surface area contributed by atoms with Gasteiger partial charge in [-0.3, -0.25) is 0 Å². The summed E-state index contributed by atoms with van der Waals surface area (Å²) in [4.78, 5) is 2.24. The van der Waals surface area contributed by atoms with E-state index in [0.29, 0.717) is 11.7 Å². The number of alkyl halides is 3. The van der Waals surface area contributed by atoms with Gasteiger partial charge in [-0.1, -0.05) is 0 Å². The molecule has 1 aromatic carbocycles. The van der Waals surface area contributed by atoms with Crippen LogP contribution >= 0.6 is 0 Å². The van der Waals surface area contributed by atoms with Crippen LogP contribution in [0.3, 0.4) is 0 Å². The number of aromatic hydroxyl groups is 1. The number of fused-ring (bicyclic) bond motifs is 1. The normalized spacial score (nSPS) is 22.1. The zero-order valence-electron chi connectivity index (χ0n) is 17.0. The first-order valence-corrected chi connectivity index (χ1v) is 10.1. The molecule has 2 aliphatic rings. The average Bonchev–Trinajstić information content (AvgIpc) is 2.72. The van der Waals surface area contributed by atoms with E-state index in [1.165, 1.54) is 6.92 Å². The van der Waals surface area contributed by atoms with Crippen LogP contribution in [0.2, 0.25) is 0 Å². The second kappa shape index (κ2) is 8.03. The van der Waals surface area contributed by atoms with Crippen LogP contribution in [0.1, 0.15) is 42.1 Å². The summed E-state index contributed by atoms with van der Waals surface area (Å²) in [6, 6.07) is 3.85. The van der Waals surface area contributed by atoms with E-state index in [9.17, 15) is 18.3 Å². The zero-order valence-corrected chi connectivity index (χ0v) is 17.0. The molecule has 0 bridgehead atoms. The number of benzene rings is 1. The van der Waals surface area contributed by atoms with Gasteiger partial charge in [-0.2, -0.15) is 13.2 Å². The van der Waals surface area contributed by atoms with Crippen molar-refractivity contribution in [2.75, 3.05) is 31.6 Å². The summed E-state index contributed by atoms with van der Waals surface area (Å²) in [5, 5.41) is 22.5. The molecule has 6 nitrogen and oxygen atoms in total. The Labute approximate surface area is 173 Å². The summed E-state index contributed by atoms with van der Waals surface area (Å²) in [5.74, 6) is 0.282. The molecule has 0 aliphatic carbocycles. The van der Waals surface area contributed by atoms with Crippen molar-refractivity contribution >= 4 is 5.82 Å². The average molecular weight is 422 g/mol. The first-order valence-electron chi connectivity index (χ1n) is 10.1. The van der Waals surface area contributed by atoms with Crippen molar-refractivity contribution in [3.63, 3.8) is 0 Å². The van der Waals surface area contributed by atoms with Crippen LogP contribution in [-0.2, 0) is 10.9 Å². The Morgan fingerprint density at radius 1 is 1.20 bits per heavy atom. The van der Waals surface area contributed by atoms with E-state index in [1.54, 1.807) is 13.2 Å². The second-order valence-corrected chi connectivity index (χ2v) is 7.90. The number of hydrogen-bond donors (Lipinski definition) is 2. The number of nitrogens with zero attached hydrogens (tertiary/aromatic N) is 3. The van der Waals surface area contributed by atoms with Crippen molar-refractivity contribution < 1.29 is 23.0 Å². The van der Waals surface area contributed by atoms with E-state index in [2.05, 4.69) is 20.4 Å². The largest absolute Gasteiger partial charge is 0.507 e. The molecule has 162 valence electrons. The number of ether oxygens (including phenoxy) is 1. The Balaban J connectivity index is 1.75. The number of phenols is 1. The number of anilines is 1. The predicted molar refractivity (Wildman–Crippen MR) is 106 cm³/mol. The van der Waals surface area contributed by atoms with Crippen molar-refractivity contribution in [2.45, 2.75) is 44.5 Å². The minimum atomic E-state index is -4.53. The summed E-state index contributed by atoms with van der Waals surface area (Å²) >= 11 is 0. The van der Waals surface area contributed by atoms with Crippen molar-refractivity contribution in [1.29, 1.82) is 0 Å². The first-order chi connectivity index (χ1) is 14.3. The molecular weight excluding hydrogens is 397 g/mol. The van der Waals surface area contributed by atoms with Crippen molar-refractivity contribution in [1.82, 2.24) is 15.5 Å². The molecule has 30 heavy (non-hydrogen) atoms. The fraction of sp³-hybridized carbons (Fsp3) is 0.524. The monoisotopic (exact) mass is 422 g/mol. The summed E-state index contributed by atoms with van der Waals surface area (Å²) in [5.41, 5.74) is 0.832. The van der Waals surface area contributed by atoms with Crippen LogP contribution in [0.15, 0.2) is 18.2 Å². The molecular formula is C21H25F3N4O2. The van der Waals surface area contributed by atoms with Crippen molar-refractivity contribution in [3.8, 4) is 17.0 Å². The molecule has 0 amide bonds. The molecule has 1 aromatic heterocycles. The van der Waals surface area contributed by atoms with Gasteiger partial charge in [-0.05, 0) is 56.5 Å². The predicted octanol–water partition coefficient (Wildman–Crippen LogP) is 3.83. The van der Waals surface area contributed by atoms with Gasteiger partial charge < -0.3 is 20.1 Å². The number of aromatic nitrogens is 2. The molecule has 1 fully saturated rings. The summed E-state index contributed by atoms with van der Waals surface area (Å²) in [7, 11) is 1.63. The third-order valence-corrected chi connectivity index (χ3v) is 5.95. The van der Waals surface area contributed by atoms with Gasteiger partial charge in [0.05, 0.1) is 17.4 Å². The molecule has 0 saturated carbocycles. The molecule has 3 heterocycles. The molecule has 1 unspecified atom stereocenters. The van der Waals surface area contributed by atoms with Crippen LogP contribution < -0.4 is 10.2 Å². The van der Waals surface area contributed by atoms with Gasteiger partial charge in [0.1, 0.15) is 5.75 Å². The van der Waals surface area contributed by atoms with Gasteiger partial charge in [0, 0.05) is 37.4 Å². The van der Waals surface area contributed by atoms with Crippen molar-refractivity contribution in [3.05, 3.63) is 34.9 Å². The van der Waals surface area contributed by atoms with E-state index in [1.807, 2.05) is 0 Å². The molecule has 2 aromatic rings. The third kappa shape index (κ3) is 3.83. The molecule has 2 N–H and O–H groups in total. The van der Waals surface area contributed by atoms with E-state index < -0.39 is 17.5 Å². The van der Waals surface area contributed by atoms with Gasteiger partial charge in [0.2, 0.25) is 0 Å². The Kier molecular flexibility index (Phi) is 5.59. The van der Waals surface area contributed by atoms with E-state index >= 15 is 0 Å². The summed E-state index contributed by atoms with van der Waals surface area (Å²) in [6.45, 7) is 4.21. The highest BCUT2D eigenvalue weighted by Crippen LogP contribution is 2.41. The SMILES string of the molecule is CO[C@@H]1CCN(C2CCCNC2)c2nnc(-c3c(C)cc(C(F)(F)F)cc3O)cc21. The maximum Gasteiger partial charge on any atom is 0.416 e. The minimum absolute atomic E-state index is 0.182. The summed E-state index contributed by atoms with van der Waals surface area (Å²) in [6.07, 6.45) is -1.78. The van der Waals surface area contributed by atoms with Gasteiger partial charge >= 0.3 is 6.18 Å². The van der Waals surface area contributed by atoms with Crippen LogP contribution in [0.4, 0.5) is 19.0 Å². The number of phenolic OH excluding ortho intramolecular Hbond substituents is 1. The van der Waals surface area contributed by atoms with Gasteiger partial charge in [0.15, 0.2) is 5.82 Å². The Morgan fingerprint density at radius 3 is 2.63 bits per heavy atom. The highest BCUT2D eigenvalue weighted by molar-refractivity contribution is 5.73. The fourth-order valence-corrected chi connectivity index (χ4v) is 4.47. The quantitative estimate of drug-likeness (QED) is 0.784. The molecule has 0 spiro atoms. The molecule has 2 aliphatic heterocycles. The number of nitrogens with one attached hydrogen (secondary N) is 1. The van der Waals surface area contributed by atoms with Gasteiger partial charge in [-0.25, -0.2) is 0 Å². The molecule has 9 heteroatoms. The molecule has 1 saturated heterocycles. The number of piperidine rings is 1. The lowest BCUT2D eigenvalue weighted by atomic mass is 9.95. The molecule has 0 radical (unpaired) electrons.